The predicted molar refractivity (Wildman–Crippen MR) is 98.8 cm³/mol. The highest BCUT2D eigenvalue weighted by Gasteiger charge is 2.21. The number of ether oxygens (including phenoxy) is 1. The van der Waals surface area contributed by atoms with E-state index >= 15 is 0 Å². The first-order chi connectivity index (χ1) is 12.3. The van der Waals surface area contributed by atoms with E-state index in [9.17, 15) is 4.79 Å². The number of rotatable bonds is 6. The maximum atomic E-state index is 12.6. The maximum Gasteiger partial charge on any atom is 0.275 e. The van der Waals surface area contributed by atoms with Crippen molar-refractivity contribution in [3.8, 4) is 5.75 Å². The standard InChI is InChI=1S/C21H26N2O2/c1-25-19-12-10-18(11-13-19)21(17-8-4-2-5-9-17)22-20(24)16-23-14-6-3-7-15-23/h2,4-5,8-13,21H,3,6-7,14-16H2,1H3,(H,22,24)/p+1/t21-/m1/s1. The summed E-state index contributed by atoms with van der Waals surface area (Å²) in [5.74, 6) is 0.932. The van der Waals surface area contributed by atoms with Crippen LogP contribution in [0.25, 0.3) is 0 Å². The number of carbonyl (C=O) groups is 1. The summed E-state index contributed by atoms with van der Waals surface area (Å²) in [7, 11) is 1.66. The Morgan fingerprint density at radius 1 is 1.00 bits per heavy atom. The first-order valence-corrected chi connectivity index (χ1v) is 9.08. The number of benzene rings is 2. The van der Waals surface area contributed by atoms with E-state index in [1.54, 1.807) is 7.11 Å². The molecule has 1 heterocycles. The van der Waals surface area contributed by atoms with Crippen molar-refractivity contribution in [3.63, 3.8) is 0 Å². The molecule has 0 spiro atoms. The quantitative estimate of drug-likeness (QED) is 0.845. The molecule has 1 atom stereocenters. The molecule has 1 aliphatic rings. The van der Waals surface area contributed by atoms with Crippen LogP contribution in [0, 0.1) is 0 Å². The SMILES string of the molecule is COc1ccc([C@H](NC(=O)C[NH+]2CCCCC2)c2ccccc2)cc1. The Balaban J connectivity index is 1.75. The van der Waals surface area contributed by atoms with Gasteiger partial charge in [0, 0.05) is 0 Å². The molecule has 1 aliphatic heterocycles. The molecule has 2 aromatic rings. The molecule has 2 aromatic carbocycles. The number of carbonyl (C=O) groups excluding carboxylic acids is 1. The minimum atomic E-state index is -0.135. The van der Waals surface area contributed by atoms with E-state index < -0.39 is 0 Å². The van der Waals surface area contributed by atoms with Crippen molar-refractivity contribution in [1.82, 2.24) is 5.32 Å². The van der Waals surface area contributed by atoms with E-state index in [1.807, 2.05) is 42.5 Å². The van der Waals surface area contributed by atoms with Crippen molar-refractivity contribution < 1.29 is 14.4 Å². The number of quaternary nitrogens is 1. The largest absolute Gasteiger partial charge is 0.497 e. The van der Waals surface area contributed by atoms with Crippen molar-refractivity contribution in [2.75, 3.05) is 26.7 Å². The summed E-state index contributed by atoms with van der Waals surface area (Å²) in [5, 5.41) is 3.23. The van der Waals surface area contributed by atoms with Crippen LogP contribution in [0.2, 0.25) is 0 Å². The van der Waals surface area contributed by atoms with Crippen molar-refractivity contribution in [2.24, 2.45) is 0 Å². The Labute approximate surface area is 149 Å². The van der Waals surface area contributed by atoms with E-state index in [0.29, 0.717) is 6.54 Å². The molecule has 0 saturated carbocycles. The van der Waals surface area contributed by atoms with Crippen molar-refractivity contribution >= 4 is 5.91 Å². The van der Waals surface area contributed by atoms with E-state index in [-0.39, 0.29) is 11.9 Å². The number of amides is 1. The van der Waals surface area contributed by atoms with Gasteiger partial charge >= 0.3 is 0 Å². The lowest BCUT2D eigenvalue weighted by molar-refractivity contribution is -0.896. The van der Waals surface area contributed by atoms with E-state index in [0.717, 1.165) is 30.0 Å². The van der Waals surface area contributed by atoms with Crippen LogP contribution in [-0.4, -0.2) is 32.7 Å². The Kier molecular flexibility index (Phi) is 6.07. The van der Waals surface area contributed by atoms with E-state index in [4.69, 9.17) is 4.74 Å². The summed E-state index contributed by atoms with van der Waals surface area (Å²) in [6.45, 7) is 2.76. The van der Waals surface area contributed by atoms with Gasteiger partial charge in [0.1, 0.15) is 5.75 Å². The molecule has 25 heavy (non-hydrogen) atoms. The van der Waals surface area contributed by atoms with Gasteiger partial charge in [0.15, 0.2) is 6.54 Å². The highest BCUT2D eigenvalue weighted by atomic mass is 16.5. The molecule has 2 N–H and O–H groups in total. The molecule has 0 aliphatic carbocycles. The summed E-state index contributed by atoms with van der Waals surface area (Å²) in [4.78, 5) is 14.0. The van der Waals surface area contributed by atoms with Crippen molar-refractivity contribution in [3.05, 3.63) is 65.7 Å². The van der Waals surface area contributed by atoms with Gasteiger partial charge in [-0.1, -0.05) is 42.5 Å². The number of hydrogen-bond acceptors (Lipinski definition) is 2. The average molecular weight is 339 g/mol. The van der Waals surface area contributed by atoms with E-state index in [2.05, 4.69) is 17.4 Å². The van der Waals surface area contributed by atoms with Gasteiger partial charge in [-0.15, -0.1) is 0 Å². The first kappa shape index (κ1) is 17.5. The highest BCUT2D eigenvalue weighted by Crippen LogP contribution is 2.24. The zero-order chi connectivity index (χ0) is 17.5. The van der Waals surface area contributed by atoms with Gasteiger partial charge in [-0.3, -0.25) is 4.79 Å². The first-order valence-electron chi connectivity index (χ1n) is 9.08. The molecule has 1 amide bonds. The minimum Gasteiger partial charge on any atom is -0.497 e. The Bertz CT molecular complexity index is 664. The number of methoxy groups -OCH3 is 1. The van der Waals surface area contributed by atoms with Crippen LogP contribution in [0.4, 0.5) is 0 Å². The molecule has 3 rings (SSSR count). The second-order valence-corrected chi connectivity index (χ2v) is 6.67. The van der Waals surface area contributed by atoms with Gasteiger partial charge in [0.25, 0.3) is 5.91 Å². The second kappa shape index (κ2) is 8.67. The van der Waals surface area contributed by atoms with Gasteiger partial charge in [0.2, 0.25) is 0 Å². The third-order valence-corrected chi connectivity index (χ3v) is 4.86. The number of hydrogen-bond donors (Lipinski definition) is 2. The lowest BCUT2D eigenvalue weighted by atomic mass is 9.98. The number of nitrogens with one attached hydrogen (secondary N) is 2. The number of likely N-dealkylation sites (tertiary alicyclic amines) is 1. The molecule has 0 aromatic heterocycles. The summed E-state index contributed by atoms with van der Waals surface area (Å²) in [6.07, 6.45) is 3.75. The van der Waals surface area contributed by atoms with Crippen molar-refractivity contribution in [2.45, 2.75) is 25.3 Å². The van der Waals surface area contributed by atoms with Crippen LogP contribution in [0.3, 0.4) is 0 Å². The monoisotopic (exact) mass is 339 g/mol. The molecule has 1 saturated heterocycles. The average Bonchev–Trinajstić information content (AvgIpc) is 2.68. The fraction of sp³-hybridized carbons (Fsp3) is 0.381. The Hall–Kier alpha value is -2.33. The normalized spacial score (nSPS) is 16.2. The smallest absolute Gasteiger partial charge is 0.275 e. The van der Waals surface area contributed by atoms with Crippen molar-refractivity contribution in [1.29, 1.82) is 0 Å². The lowest BCUT2D eigenvalue weighted by Crippen LogP contribution is -3.13. The maximum absolute atomic E-state index is 12.6. The second-order valence-electron chi connectivity index (χ2n) is 6.67. The van der Waals surface area contributed by atoms with Crippen LogP contribution in [0.5, 0.6) is 5.75 Å². The molecule has 132 valence electrons. The minimum absolute atomic E-state index is 0.113. The Morgan fingerprint density at radius 3 is 2.28 bits per heavy atom. The third-order valence-electron chi connectivity index (χ3n) is 4.86. The summed E-state index contributed by atoms with van der Waals surface area (Å²) in [5.41, 5.74) is 2.16. The zero-order valence-corrected chi connectivity index (χ0v) is 14.8. The van der Waals surface area contributed by atoms with E-state index in [1.165, 1.54) is 24.2 Å². The van der Waals surface area contributed by atoms with Crippen LogP contribution in [0.15, 0.2) is 54.6 Å². The van der Waals surface area contributed by atoms with Crippen LogP contribution < -0.4 is 15.0 Å². The topological polar surface area (TPSA) is 42.8 Å². The van der Waals surface area contributed by atoms with Gasteiger partial charge in [-0.2, -0.15) is 0 Å². The number of piperidine rings is 1. The van der Waals surface area contributed by atoms with Gasteiger partial charge in [-0.05, 0) is 42.5 Å². The lowest BCUT2D eigenvalue weighted by Gasteiger charge is -2.25. The van der Waals surface area contributed by atoms with Crippen LogP contribution >= 0.6 is 0 Å². The molecular formula is C21H27N2O2+. The fourth-order valence-corrected chi connectivity index (χ4v) is 3.47. The molecule has 1 fully saturated rings. The zero-order valence-electron chi connectivity index (χ0n) is 14.8. The van der Waals surface area contributed by atoms with Gasteiger partial charge < -0.3 is 15.0 Å². The van der Waals surface area contributed by atoms with Crippen LogP contribution in [0.1, 0.15) is 36.4 Å². The third kappa shape index (κ3) is 4.83. The summed E-state index contributed by atoms with van der Waals surface area (Å²) < 4.78 is 5.25. The molecule has 4 heteroatoms. The van der Waals surface area contributed by atoms with Gasteiger partial charge in [-0.25, -0.2) is 0 Å². The van der Waals surface area contributed by atoms with Gasteiger partial charge in [0.05, 0.1) is 26.2 Å². The Morgan fingerprint density at radius 2 is 1.64 bits per heavy atom. The molecule has 0 bridgehead atoms. The molecule has 4 nitrogen and oxygen atoms in total. The fourth-order valence-electron chi connectivity index (χ4n) is 3.47. The summed E-state index contributed by atoms with van der Waals surface area (Å²) in [6, 6.07) is 17.9. The summed E-state index contributed by atoms with van der Waals surface area (Å²) >= 11 is 0. The molecule has 0 unspecified atom stereocenters. The molecular weight excluding hydrogens is 312 g/mol. The van der Waals surface area contributed by atoms with Crippen LogP contribution in [-0.2, 0) is 4.79 Å². The predicted octanol–water partition coefficient (Wildman–Crippen LogP) is 1.97. The highest BCUT2D eigenvalue weighted by molar-refractivity contribution is 5.78. The molecule has 0 radical (unpaired) electrons.